The van der Waals surface area contributed by atoms with Crippen LogP contribution in [0, 0.1) is 6.92 Å². The highest BCUT2D eigenvalue weighted by Gasteiger charge is 2.02. The van der Waals surface area contributed by atoms with Crippen molar-refractivity contribution in [1.82, 2.24) is 10.2 Å². The molecule has 0 saturated heterocycles. The lowest BCUT2D eigenvalue weighted by atomic mass is 10.1. The van der Waals surface area contributed by atoms with Crippen LogP contribution < -0.4 is 5.32 Å². The van der Waals surface area contributed by atoms with Crippen molar-refractivity contribution in [2.75, 3.05) is 11.9 Å². The quantitative estimate of drug-likeness (QED) is 0.859. The first-order valence-corrected chi connectivity index (χ1v) is 6.01. The number of benzene rings is 1. The molecule has 1 aromatic carbocycles. The molecule has 98 valence electrons. The molecule has 0 aliphatic heterocycles. The number of hydrogen-bond donors (Lipinski definition) is 2. The van der Waals surface area contributed by atoms with Crippen LogP contribution >= 0.6 is 0 Å². The summed E-state index contributed by atoms with van der Waals surface area (Å²) in [5.41, 5.74) is 2.99. The third kappa shape index (κ3) is 3.77. The number of aromatic nitrogens is 2. The van der Waals surface area contributed by atoms with Crippen molar-refractivity contribution >= 4 is 11.8 Å². The number of nitrogens with one attached hydrogen (secondary N) is 1. The topological polar surface area (TPSA) is 75.1 Å². The number of carboxylic acids is 1. The van der Waals surface area contributed by atoms with E-state index in [0.717, 1.165) is 11.3 Å². The molecule has 1 aromatic heterocycles. The molecule has 0 aliphatic rings. The number of hydrogen-bond acceptors (Lipinski definition) is 4. The first-order valence-electron chi connectivity index (χ1n) is 6.01. The first kappa shape index (κ1) is 13.0. The van der Waals surface area contributed by atoms with Gasteiger partial charge in [0, 0.05) is 12.1 Å². The summed E-state index contributed by atoms with van der Waals surface area (Å²) in [7, 11) is 0. The lowest BCUT2D eigenvalue weighted by Gasteiger charge is -2.04. The molecule has 2 N–H and O–H groups in total. The highest BCUT2D eigenvalue weighted by atomic mass is 16.4. The predicted molar refractivity (Wildman–Crippen MR) is 72.9 cm³/mol. The van der Waals surface area contributed by atoms with Crippen LogP contribution in [0.4, 0.5) is 5.82 Å². The fourth-order valence-electron chi connectivity index (χ4n) is 1.68. The molecule has 0 bridgehead atoms. The van der Waals surface area contributed by atoms with E-state index in [4.69, 9.17) is 5.11 Å². The SMILES string of the molecule is Cc1cccc(-c2ccc(NCCC(=O)O)nn2)c1. The van der Waals surface area contributed by atoms with Crippen LogP contribution in [-0.4, -0.2) is 27.8 Å². The number of nitrogens with zero attached hydrogens (tertiary/aromatic N) is 2. The van der Waals surface area contributed by atoms with Crippen molar-refractivity contribution in [3.05, 3.63) is 42.0 Å². The lowest BCUT2D eigenvalue weighted by Crippen LogP contribution is -2.09. The van der Waals surface area contributed by atoms with Crippen LogP contribution in [-0.2, 0) is 4.79 Å². The summed E-state index contributed by atoms with van der Waals surface area (Å²) in [4.78, 5) is 10.4. The molecule has 1 heterocycles. The molecule has 2 rings (SSSR count). The van der Waals surface area contributed by atoms with Gasteiger partial charge in [-0.2, -0.15) is 0 Å². The van der Waals surface area contributed by atoms with Crippen LogP contribution in [0.2, 0.25) is 0 Å². The summed E-state index contributed by atoms with van der Waals surface area (Å²) in [5.74, 6) is -0.255. The zero-order valence-corrected chi connectivity index (χ0v) is 10.6. The van der Waals surface area contributed by atoms with E-state index in [1.165, 1.54) is 5.56 Å². The van der Waals surface area contributed by atoms with Gasteiger partial charge in [-0.15, -0.1) is 10.2 Å². The van der Waals surface area contributed by atoms with Gasteiger partial charge in [0.15, 0.2) is 0 Å². The second-order valence-electron chi connectivity index (χ2n) is 4.24. The number of anilines is 1. The molecule has 0 unspecified atom stereocenters. The van der Waals surface area contributed by atoms with Crippen LogP contribution in [0.15, 0.2) is 36.4 Å². The average molecular weight is 257 g/mol. The number of carboxylic acid groups (broad SMARTS) is 1. The summed E-state index contributed by atoms with van der Waals surface area (Å²) in [6.45, 7) is 2.37. The van der Waals surface area contributed by atoms with Gasteiger partial charge in [0.2, 0.25) is 0 Å². The van der Waals surface area contributed by atoms with Gasteiger partial charge in [0.05, 0.1) is 12.1 Å². The van der Waals surface area contributed by atoms with Gasteiger partial charge in [-0.05, 0) is 25.1 Å². The summed E-state index contributed by atoms with van der Waals surface area (Å²) < 4.78 is 0. The van der Waals surface area contributed by atoms with Crippen LogP contribution in [0.3, 0.4) is 0 Å². The maximum Gasteiger partial charge on any atom is 0.305 e. The lowest BCUT2D eigenvalue weighted by molar-refractivity contribution is -0.136. The van der Waals surface area contributed by atoms with E-state index >= 15 is 0 Å². The van der Waals surface area contributed by atoms with Gasteiger partial charge < -0.3 is 10.4 Å². The van der Waals surface area contributed by atoms with Gasteiger partial charge in [-0.25, -0.2) is 0 Å². The Hall–Kier alpha value is -2.43. The van der Waals surface area contributed by atoms with Crippen LogP contribution in [0.5, 0.6) is 0 Å². The molecule has 0 atom stereocenters. The summed E-state index contributed by atoms with van der Waals surface area (Å²) in [6.07, 6.45) is 0.0569. The smallest absolute Gasteiger partial charge is 0.305 e. The highest BCUT2D eigenvalue weighted by Crippen LogP contribution is 2.18. The zero-order valence-electron chi connectivity index (χ0n) is 10.6. The Bertz CT molecular complexity index is 567. The van der Waals surface area contributed by atoms with Gasteiger partial charge >= 0.3 is 5.97 Å². The van der Waals surface area contributed by atoms with Gasteiger partial charge in [-0.3, -0.25) is 4.79 Å². The van der Waals surface area contributed by atoms with E-state index < -0.39 is 5.97 Å². The Balaban J connectivity index is 2.04. The molecule has 5 heteroatoms. The number of carbonyl (C=O) groups is 1. The van der Waals surface area contributed by atoms with E-state index in [1.54, 1.807) is 6.07 Å². The predicted octanol–water partition coefficient (Wildman–Crippen LogP) is 2.34. The van der Waals surface area contributed by atoms with E-state index in [2.05, 4.69) is 15.5 Å². The Kier molecular flexibility index (Phi) is 4.07. The Morgan fingerprint density at radius 2 is 2.11 bits per heavy atom. The molecule has 0 fully saturated rings. The molecule has 0 amide bonds. The summed E-state index contributed by atoms with van der Waals surface area (Å²) in [6, 6.07) is 11.7. The van der Waals surface area contributed by atoms with E-state index in [1.807, 2.05) is 37.3 Å². The highest BCUT2D eigenvalue weighted by molar-refractivity contribution is 5.67. The van der Waals surface area contributed by atoms with Gasteiger partial charge in [0.25, 0.3) is 0 Å². The molecular weight excluding hydrogens is 242 g/mol. The summed E-state index contributed by atoms with van der Waals surface area (Å²) >= 11 is 0. The summed E-state index contributed by atoms with van der Waals surface area (Å²) in [5, 5.41) is 19.6. The molecular formula is C14H15N3O2. The Morgan fingerprint density at radius 3 is 2.74 bits per heavy atom. The molecule has 0 aliphatic carbocycles. The largest absolute Gasteiger partial charge is 0.481 e. The Labute approximate surface area is 111 Å². The molecule has 0 saturated carbocycles. The molecule has 5 nitrogen and oxygen atoms in total. The standard InChI is InChI=1S/C14H15N3O2/c1-10-3-2-4-11(9-10)12-5-6-13(17-16-12)15-8-7-14(18)19/h2-6,9H,7-8H2,1H3,(H,15,17)(H,18,19). The fourth-order valence-corrected chi connectivity index (χ4v) is 1.68. The monoisotopic (exact) mass is 257 g/mol. The fraction of sp³-hybridized carbons (Fsp3) is 0.214. The maximum absolute atomic E-state index is 10.4. The minimum absolute atomic E-state index is 0.0569. The van der Waals surface area contributed by atoms with Crippen molar-refractivity contribution < 1.29 is 9.90 Å². The maximum atomic E-state index is 10.4. The molecule has 2 aromatic rings. The first-order chi connectivity index (χ1) is 9.15. The van der Waals surface area contributed by atoms with Crippen molar-refractivity contribution in [3.63, 3.8) is 0 Å². The van der Waals surface area contributed by atoms with E-state index in [0.29, 0.717) is 12.4 Å². The third-order valence-electron chi connectivity index (χ3n) is 2.62. The van der Waals surface area contributed by atoms with E-state index in [9.17, 15) is 4.79 Å². The number of aliphatic carboxylic acids is 1. The normalized spacial score (nSPS) is 10.2. The molecule has 0 radical (unpaired) electrons. The zero-order chi connectivity index (χ0) is 13.7. The Morgan fingerprint density at radius 1 is 1.26 bits per heavy atom. The minimum atomic E-state index is -0.836. The number of rotatable bonds is 5. The van der Waals surface area contributed by atoms with Crippen molar-refractivity contribution in [1.29, 1.82) is 0 Å². The van der Waals surface area contributed by atoms with Crippen molar-refractivity contribution in [2.45, 2.75) is 13.3 Å². The molecule has 19 heavy (non-hydrogen) atoms. The second kappa shape index (κ2) is 5.95. The average Bonchev–Trinajstić information content (AvgIpc) is 2.39. The van der Waals surface area contributed by atoms with Crippen molar-refractivity contribution in [2.24, 2.45) is 0 Å². The number of aryl methyl sites for hydroxylation is 1. The van der Waals surface area contributed by atoms with Crippen LogP contribution in [0.1, 0.15) is 12.0 Å². The third-order valence-corrected chi connectivity index (χ3v) is 2.62. The van der Waals surface area contributed by atoms with Crippen LogP contribution in [0.25, 0.3) is 11.3 Å². The molecule has 0 spiro atoms. The minimum Gasteiger partial charge on any atom is -0.481 e. The van der Waals surface area contributed by atoms with Gasteiger partial charge in [0.1, 0.15) is 5.82 Å². The van der Waals surface area contributed by atoms with Gasteiger partial charge in [-0.1, -0.05) is 23.8 Å². The van der Waals surface area contributed by atoms with Crippen molar-refractivity contribution in [3.8, 4) is 11.3 Å². The second-order valence-corrected chi connectivity index (χ2v) is 4.24. The van der Waals surface area contributed by atoms with E-state index in [-0.39, 0.29) is 6.42 Å².